The largest absolute Gasteiger partial charge is 0.285 e. The molecule has 0 aliphatic rings. The number of hydrogen-bond donors (Lipinski definition) is 0. The number of ketones is 1. The fraction of sp³-hybridized carbons (Fsp3) is 0.222. The second kappa shape index (κ2) is 3.10. The molecule has 5 heteroatoms. The normalized spacial score (nSPS) is 10.4. The lowest BCUT2D eigenvalue weighted by molar-refractivity contribution is 0.102. The standard InChI is InChI=1S/C9H10N4O/c1-12-6-4-7(11-12)9(14)8-3-5-10-13(8)2/h3-6H,1-2H3. The molecule has 72 valence electrons. The van der Waals surface area contributed by atoms with Crippen LogP contribution in [0.3, 0.4) is 0 Å². The van der Waals surface area contributed by atoms with Crippen molar-refractivity contribution >= 4 is 5.78 Å². The molecule has 2 rings (SSSR count). The van der Waals surface area contributed by atoms with Gasteiger partial charge in [0, 0.05) is 26.5 Å². The highest BCUT2D eigenvalue weighted by atomic mass is 16.1. The molecule has 0 saturated carbocycles. The molecule has 0 saturated heterocycles. The summed E-state index contributed by atoms with van der Waals surface area (Å²) in [4.78, 5) is 11.8. The van der Waals surface area contributed by atoms with E-state index in [1.54, 1.807) is 43.3 Å². The van der Waals surface area contributed by atoms with Gasteiger partial charge < -0.3 is 0 Å². The molecular formula is C9H10N4O. The maximum atomic E-state index is 11.8. The van der Waals surface area contributed by atoms with Crippen molar-refractivity contribution in [2.45, 2.75) is 0 Å². The monoisotopic (exact) mass is 190 g/mol. The molecule has 0 unspecified atom stereocenters. The Morgan fingerprint density at radius 3 is 2.64 bits per heavy atom. The van der Waals surface area contributed by atoms with Gasteiger partial charge >= 0.3 is 0 Å². The van der Waals surface area contributed by atoms with E-state index >= 15 is 0 Å². The molecular weight excluding hydrogens is 180 g/mol. The van der Waals surface area contributed by atoms with Crippen molar-refractivity contribution in [1.29, 1.82) is 0 Å². The van der Waals surface area contributed by atoms with Crippen LogP contribution in [-0.4, -0.2) is 25.3 Å². The third kappa shape index (κ3) is 1.32. The second-order valence-electron chi connectivity index (χ2n) is 3.04. The summed E-state index contributed by atoms with van der Waals surface area (Å²) in [5.41, 5.74) is 0.986. The van der Waals surface area contributed by atoms with Crippen molar-refractivity contribution in [1.82, 2.24) is 19.6 Å². The fourth-order valence-corrected chi connectivity index (χ4v) is 1.26. The number of rotatable bonds is 2. The van der Waals surface area contributed by atoms with E-state index in [0.29, 0.717) is 11.4 Å². The highest BCUT2D eigenvalue weighted by molar-refractivity contribution is 6.06. The maximum absolute atomic E-state index is 11.8. The lowest BCUT2D eigenvalue weighted by Gasteiger charge is -1.96. The summed E-state index contributed by atoms with van der Waals surface area (Å²) in [5, 5.41) is 7.96. The van der Waals surface area contributed by atoms with Crippen LogP contribution in [0.5, 0.6) is 0 Å². The average molecular weight is 190 g/mol. The van der Waals surface area contributed by atoms with Gasteiger partial charge in [-0.15, -0.1) is 0 Å². The van der Waals surface area contributed by atoms with E-state index in [1.807, 2.05) is 0 Å². The van der Waals surface area contributed by atoms with Gasteiger partial charge in [-0.1, -0.05) is 0 Å². The molecule has 2 aromatic rings. The number of aryl methyl sites for hydroxylation is 2. The van der Waals surface area contributed by atoms with Crippen LogP contribution in [0.4, 0.5) is 0 Å². The number of aromatic nitrogens is 4. The number of hydrogen-bond acceptors (Lipinski definition) is 3. The molecule has 0 N–H and O–H groups in total. The van der Waals surface area contributed by atoms with Crippen LogP contribution in [0.2, 0.25) is 0 Å². The first-order chi connectivity index (χ1) is 6.68. The third-order valence-corrected chi connectivity index (χ3v) is 2.00. The molecule has 0 atom stereocenters. The van der Waals surface area contributed by atoms with Gasteiger partial charge in [0.1, 0.15) is 11.4 Å². The van der Waals surface area contributed by atoms with E-state index in [0.717, 1.165) is 0 Å². The first kappa shape index (κ1) is 8.68. The number of nitrogens with zero attached hydrogens (tertiary/aromatic N) is 4. The Bertz CT molecular complexity index is 469. The Labute approximate surface area is 81.0 Å². The van der Waals surface area contributed by atoms with Crippen molar-refractivity contribution < 1.29 is 4.79 Å². The lowest BCUT2D eigenvalue weighted by atomic mass is 10.2. The van der Waals surface area contributed by atoms with Gasteiger partial charge in [-0.05, 0) is 12.1 Å². The molecule has 0 amide bonds. The molecule has 2 heterocycles. The maximum Gasteiger partial charge on any atom is 0.231 e. The first-order valence-electron chi connectivity index (χ1n) is 4.21. The minimum Gasteiger partial charge on any atom is -0.285 e. The van der Waals surface area contributed by atoms with E-state index < -0.39 is 0 Å². The Balaban J connectivity index is 2.38. The Hall–Kier alpha value is -1.91. The zero-order valence-corrected chi connectivity index (χ0v) is 8.01. The molecule has 2 aromatic heterocycles. The molecule has 0 aliphatic heterocycles. The van der Waals surface area contributed by atoms with E-state index in [2.05, 4.69) is 10.2 Å². The Kier molecular flexibility index (Phi) is 1.92. The van der Waals surface area contributed by atoms with Crippen molar-refractivity contribution in [2.75, 3.05) is 0 Å². The number of carbonyl (C=O) groups excluding carboxylic acids is 1. The summed E-state index contributed by atoms with van der Waals surface area (Å²) in [6.07, 6.45) is 3.33. The zero-order valence-electron chi connectivity index (χ0n) is 8.01. The third-order valence-electron chi connectivity index (χ3n) is 2.00. The highest BCUT2D eigenvalue weighted by Gasteiger charge is 2.14. The Morgan fingerprint density at radius 1 is 1.36 bits per heavy atom. The van der Waals surface area contributed by atoms with Gasteiger partial charge in [0.2, 0.25) is 5.78 Å². The molecule has 0 spiro atoms. The topological polar surface area (TPSA) is 52.7 Å². The van der Waals surface area contributed by atoms with Gasteiger partial charge in [-0.3, -0.25) is 14.2 Å². The minimum atomic E-state index is -0.106. The predicted molar refractivity (Wildman–Crippen MR) is 49.8 cm³/mol. The van der Waals surface area contributed by atoms with E-state index in [-0.39, 0.29) is 5.78 Å². The van der Waals surface area contributed by atoms with Crippen molar-refractivity contribution in [2.24, 2.45) is 14.1 Å². The van der Waals surface area contributed by atoms with Crippen LogP contribution in [0, 0.1) is 0 Å². The van der Waals surface area contributed by atoms with Crippen molar-refractivity contribution in [3.05, 3.63) is 35.9 Å². The van der Waals surface area contributed by atoms with Gasteiger partial charge in [0.25, 0.3) is 0 Å². The van der Waals surface area contributed by atoms with Crippen LogP contribution >= 0.6 is 0 Å². The summed E-state index contributed by atoms with van der Waals surface area (Å²) in [6.45, 7) is 0. The number of carbonyl (C=O) groups is 1. The first-order valence-corrected chi connectivity index (χ1v) is 4.21. The summed E-state index contributed by atoms with van der Waals surface area (Å²) in [5.74, 6) is -0.106. The van der Waals surface area contributed by atoms with Gasteiger partial charge in [0.15, 0.2) is 0 Å². The predicted octanol–water partition coefficient (Wildman–Crippen LogP) is 0.385. The molecule has 0 aromatic carbocycles. The Morgan fingerprint density at radius 2 is 2.14 bits per heavy atom. The minimum absolute atomic E-state index is 0.106. The summed E-state index contributed by atoms with van der Waals surface area (Å²) >= 11 is 0. The van der Waals surface area contributed by atoms with Crippen LogP contribution in [0.25, 0.3) is 0 Å². The van der Waals surface area contributed by atoms with Crippen LogP contribution in [0.15, 0.2) is 24.5 Å². The molecule has 0 bridgehead atoms. The van der Waals surface area contributed by atoms with E-state index in [9.17, 15) is 4.79 Å². The van der Waals surface area contributed by atoms with Gasteiger partial charge in [0.05, 0.1) is 0 Å². The molecule has 0 fully saturated rings. The molecule has 5 nitrogen and oxygen atoms in total. The van der Waals surface area contributed by atoms with Crippen LogP contribution < -0.4 is 0 Å². The van der Waals surface area contributed by atoms with Gasteiger partial charge in [-0.25, -0.2) is 0 Å². The van der Waals surface area contributed by atoms with Crippen molar-refractivity contribution in [3.63, 3.8) is 0 Å². The summed E-state index contributed by atoms with van der Waals surface area (Å²) in [6, 6.07) is 3.37. The van der Waals surface area contributed by atoms with Crippen LogP contribution in [-0.2, 0) is 14.1 Å². The highest BCUT2D eigenvalue weighted by Crippen LogP contribution is 2.05. The van der Waals surface area contributed by atoms with Crippen molar-refractivity contribution in [3.8, 4) is 0 Å². The lowest BCUT2D eigenvalue weighted by Crippen LogP contribution is -2.09. The summed E-state index contributed by atoms with van der Waals surface area (Å²) in [7, 11) is 3.51. The smallest absolute Gasteiger partial charge is 0.231 e. The molecule has 0 radical (unpaired) electrons. The fourth-order valence-electron chi connectivity index (χ4n) is 1.26. The average Bonchev–Trinajstić information content (AvgIpc) is 2.73. The summed E-state index contributed by atoms with van der Waals surface area (Å²) < 4.78 is 3.14. The van der Waals surface area contributed by atoms with E-state index in [4.69, 9.17) is 0 Å². The molecule has 0 aliphatic carbocycles. The second-order valence-corrected chi connectivity index (χ2v) is 3.04. The zero-order chi connectivity index (χ0) is 10.1. The SMILES string of the molecule is Cn1ccc(C(=O)c2ccnn2C)n1. The van der Waals surface area contributed by atoms with Gasteiger partial charge in [-0.2, -0.15) is 10.2 Å². The van der Waals surface area contributed by atoms with E-state index in [1.165, 1.54) is 4.68 Å². The molecule has 14 heavy (non-hydrogen) atoms. The quantitative estimate of drug-likeness (QED) is 0.643. The van der Waals surface area contributed by atoms with Crippen LogP contribution in [0.1, 0.15) is 16.2 Å².